The van der Waals surface area contributed by atoms with Gasteiger partial charge in [0.2, 0.25) is 0 Å². The fourth-order valence-electron chi connectivity index (χ4n) is 7.12. The molecule has 0 aromatic heterocycles. The first-order chi connectivity index (χ1) is 10.1. The van der Waals surface area contributed by atoms with Crippen molar-refractivity contribution in [1.82, 2.24) is 0 Å². The molecule has 0 amide bonds. The van der Waals surface area contributed by atoms with Gasteiger partial charge in [0, 0.05) is 4.83 Å². The predicted octanol–water partition coefficient (Wildman–Crippen LogP) is 1.78. The summed E-state index contributed by atoms with van der Waals surface area (Å²) in [5, 5.41) is 0. The van der Waals surface area contributed by atoms with Crippen LogP contribution in [0, 0.1) is 47.3 Å². The highest BCUT2D eigenvalue weighted by atomic mass is 79.9. The predicted molar refractivity (Wildman–Crippen MR) is 76.3 cm³/mol. The van der Waals surface area contributed by atoms with Crippen molar-refractivity contribution in [2.45, 2.75) is 11.2 Å². The lowest BCUT2D eigenvalue weighted by atomic mass is 9.71. The minimum atomic E-state index is -0.518. The second kappa shape index (κ2) is 3.73. The number of ether oxygens (including phenoxy) is 2. The van der Waals surface area contributed by atoms with E-state index < -0.39 is 11.9 Å². The van der Waals surface area contributed by atoms with Gasteiger partial charge in [-0.2, -0.15) is 0 Å². The summed E-state index contributed by atoms with van der Waals surface area (Å²) in [6, 6.07) is 0. The Bertz CT molecular complexity index is 591. The van der Waals surface area contributed by atoms with Crippen LogP contribution in [0.25, 0.3) is 0 Å². The molecule has 0 saturated heterocycles. The molecular weight excluding hydrogens is 336 g/mol. The smallest absolute Gasteiger partial charge is 0.345 e. The van der Waals surface area contributed by atoms with Crippen LogP contribution in [0.4, 0.5) is 0 Å². The fourth-order valence-corrected chi connectivity index (χ4v) is 8.55. The molecule has 0 radical (unpaired) electrons. The zero-order valence-corrected chi connectivity index (χ0v) is 13.5. The lowest BCUT2D eigenvalue weighted by molar-refractivity contribution is -0.144. The zero-order valence-electron chi connectivity index (χ0n) is 11.9. The average molecular weight is 353 g/mol. The Kier molecular flexibility index (Phi) is 2.25. The number of rotatable bonds is 2. The van der Waals surface area contributed by atoms with Crippen LogP contribution in [-0.4, -0.2) is 31.0 Å². The van der Waals surface area contributed by atoms with Crippen LogP contribution in [0.1, 0.15) is 6.42 Å². The highest BCUT2D eigenvalue weighted by Crippen LogP contribution is 2.85. The molecule has 0 N–H and O–H groups in total. The molecule has 6 saturated carbocycles. The topological polar surface area (TPSA) is 52.6 Å². The summed E-state index contributed by atoms with van der Waals surface area (Å²) >= 11 is 3.92. The molecule has 6 fully saturated rings. The Hall–Kier alpha value is -0.840. The lowest BCUT2D eigenvalue weighted by Crippen LogP contribution is -2.30. The SMILES string of the molecule is COC(=O)C(C(=O)OC)=C1C2C3C(Br)C4C2[C@H]2C[C@@H]4C3C12. The molecule has 9 atom stereocenters. The van der Waals surface area contributed by atoms with Gasteiger partial charge in [-0.05, 0) is 59.3 Å². The minimum Gasteiger partial charge on any atom is -0.465 e. The van der Waals surface area contributed by atoms with E-state index >= 15 is 0 Å². The summed E-state index contributed by atoms with van der Waals surface area (Å²) in [7, 11) is 2.68. The number of hydrogen-bond acceptors (Lipinski definition) is 4. The molecule has 112 valence electrons. The minimum absolute atomic E-state index is 0.206. The van der Waals surface area contributed by atoms with Crippen molar-refractivity contribution in [3.63, 3.8) is 0 Å². The third-order valence-electron chi connectivity index (χ3n) is 7.14. The van der Waals surface area contributed by atoms with Gasteiger partial charge in [-0.1, -0.05) is 15.9 Å². The summed E-state index contributed by atoms with van der Waals surface area (Å²) in [4.78, 5) is 24.9. The van der Waals surface area contributed by atoms with Gasteiger partial charge < -0.3 is 9.47 Å². The van der Waals surface area contributed by atoms with Crippen molar-refractivity contribution in [3.05, 3.63) is 11.1 Å². The van der Waals surface area contributed by atoms with Crippen molar-refractivity contribution in [2.75, 3.05) is 14.2 Å². The van der Waals surface area contributed by atoms with E-state index in [9.17, 15) is 9.59 Å². The molecule has 6 rings (SSSR count). The van der Waals surface area contributed by atoms with E-state index in [2.05, 4.69) is 15.9 Å². The quantitative estimate of drug-likeness (QED) is 0.250. The third-order valence-corrected chi connectivity index (χ3v) is 8.36. The normalized spacial score (nSPS) is 53.1. The highest BCUT2D eigenvalue weighted by molar-refractivity contribution is 9.09. The van der Waals surface area contributed by atoms with Gasteiger partial charge >= 0.3 is 11.9 Å². The largest absolute Gasteiger partial charge is 0.465 e. The monoisotopic (exact) mass is 352 g/mol. The van der Waals surface area contributed by atoms with E-state index in [1.807, 2.05) is 0 Å². The molecular formula is C16H17BrO4. The van der Waals surface area contributed by atoms with E-state index in [4.69, 9.17) is 9.47 Å². The first-order valence-electron chi connectivity index (χ1n) is 7.66. The maximum absolute atomic E-state index is 12.2. The number of alkyl halides is 1. The van der Waals surface area contributed by atoms with Crippen LogP contribution in [0.3, 0.4) is 0 Å². The molecule has 0 spiro atoms. The van der Waals surface area contributed by atoms with Gasteiger partial charge in [0.25, 0.3) is 0 Å². The molecule has 0 aromatic rings. The Morgan fingerprint density at radius 3 is 2.14 bits per heavy atom. The molecule has 0 aliphatic heterocycles. The second-order valence-electron chi connectivity index (χ2n) is 7.18. The number of hydrogen-bond donors (Lipinski definition) is 0. The highest BCUT2D eigenvalue weighted by Gasteiger charge is 2.82. The number of carbonyl (C=O) groups is 2. The van der Waals surface area contributed by atoms with E-state index in [0.717, 1.165) is 17.4 Å². The van der Waals surface area contributed by atoms with E-state index in [-0.39, 0.29) is 5.57 Å². The number of methoxy groups -OCH3 is 2. The standard InChI is InChI=1S/C16H17BrO4/c1-20-15(18)13(16(19)21-2)11-6-4-3-5-7(6)12-10(11)8(4)9(5)14(12)17/h4-10,12,14H,3H2,1-2H3/t4-,5+,6?,7?,8?,9?,10?,12?,14?/m0/s1. The molecule has 0 aromatic carbocycles. The lowest BCUT2D eigenvalue weighted by Gasteiger charge is -2.32. The average Bonchev–Trinajstić information content (AvgIpc) is 3.21. The van der Waals surface area contributed by atoms with Crippen molar-refractivity contribution in [1.29, 1.82) is 0 Å². The summed E-state index contributed by atoms with van der Waals surface area (Å²) in [5.74, 6) is 4.04. The van der Waals surface area contributed by atoms with Gasteiger partial charge in [-0.15, -0.1) is 0 Å². The number of allylic oxidation sites excluding steroid dienone is 1. The number of halogens is 1. The zero-order chi connectivity index (χ0) is 14.6. The Morgan fingerprint density at radius 1 is 0.952 bits per heavy atom. The number of carbonyl (C=O) groups excluding carboxylic acids is 2. The van der Waals surface area contributed by atoms with E-state index in [1.54, 1.807) is 0 Å². The Labute approximate surface area is 131 Å². The first kappa shape index (κ1) is 12.7. The molecule has 0 heterocycles. The van der Waals surface area contributed by atoms with Crippen LogP contribution in [0.2, 0.25) is 0 Å². The first-order valence-corrected chi connectivity index (χ1v) is 8.58. The molecule has 21 heavy (non-hydrogen) atoms. The van der Waals surface area contributed by atoms with Crippen LogP contribution in [0.15, 0.2) is 11.1 Å². The van der Waals surface area contributed by atoms with Gasteiger partial charge in [0.1, 0.15) is 5.57 Å². The molecule has 6 bridgehead atoms. The number of esters is 2. The Balaban J connectivity index is 1.71. The van der Waals surface area contributed by atoms with Gasteiger partial charge in [-0.25, -0.2) is 9.59 Å². The molecule has 6 aliphatic carbocycles. The van der Waals surface area contributed by atoms with Crippen LogP contribution in [-0.2, 0) is 19.1 Å². The molecule has 7 unspecified atom stereocenters. The molecule has 6 aliphatic rings. The van der Waals surface area contributed by atoms with Crippen molar-refractivity contribution < 1.29 is 19.1 Å². The van der Waals surface area contributed by atoms with E-state index in [0.29, 0.717) is 40.3 Å². The second-order valence-corrected chi connectivity index (χ2v) is 8.24. The molecule has 4 nitrogen and oxygen atoms in total. The molecule has 5 heteroatoms. The fraction of sp³-hybridized carbons (Fsp3) is 0.750. The maximum atomic E-state index is 12.2. The van der Waals surface area contributed by atoms with E-state index in [1.165, 1.54) is 20.6 Å². The van der Waals surface area contributed by atoms with Gasteiger partial charge in [0.15, 0.2) is 0 Å². The summed E-state index contributed by atoms with van der Waals surface area (Å²) in [6.45, 7) is 0. The van der Waals surface area contributed by atoms with Gasteiger partial charge in [0.05, 0.1) is 14.2 Å². The van der Waals surface area contributed by atoms with Crippen molar-refractivity contribution >= 4 is 27.9 Å². The van der Waals surface area contributed by atoms with Crippen molar-refractivity contribution in [3.8, 4) is 0 Å². The third kappa shape index (κ3) is 1.11. The maximum Gasteiger partial charge on any atom is 0.345 e. The van der Waals surface area contributed by atoms with Gasteiger partial charge in [-0.3, -0.25) is 0 Å². The van der Waals surface area contributed by atoms with Crippen LogP contribution < -0.4 is 0 Å². The summed E-state index contributed by atoms with van der Waals surface area (Å²) in [5.41, 5.74) is 1.29. The van der Waals surface area contributed by atoms with Crippen molar-refractivity contribution in [2.24, 2.45) is 47.3 Å². The summed E-state index contributed by atoms with van der Waals surface area (Å²) < 4.78 is 9.76. The Morgan fingerprint density at radius 2 is 1.57 bits per heavy atom. The van der Waals surface area contributed by atoms with Crippen LogP contribution in [0.5, 0.6) is 0 Å². The van der Waals surface area contributed by atoms with Crippen LogP contribution >= 0.6 is 15.9 Å². The summed E-state index contributed by atoms with van der Waals surface area (Å²) in [6.07, 6.45) is 1.29.